The highest BCUT2D eigenvalue weighted by Crippen LogP contribution is 2.37. The van der Waals surface area contributed by atoms with Crippen LogP contribution >= 0.6 is 0 Å². The van der Waals surface area contributed by atoms with Crippen LogP contribution in [0, 0.1) is 5.82 Å². The maximum Gasteiger partial charge on any atom is 0.498 e. The lowest BCUT2D eigenvalue weighted by atomic mass is 9.79. The van der Waals surface area contributed by atoms with Crippen LogP contribution in [0.4, 0.5) is 10.2 Å². The maximum absolute atomic E-state index is 13.5. The second-order valence-corrected chi connectivity index (χ2v) is 6.05. The first-order chi connectivity index (χ1) is 8.64. The van der Waals surface area contributed by atoms with Crippen molar-refractivity contribution in [3.63, 3.8) is 0 Å². The SMILES string of the molecule is CN(C)c1ncc(F)cc1B1OC(C)(C)C(C)(C)O1. The van der Waals surface area contributed by atoms with Crippen LogP contribution in [0.15, 0.2) is 12.3 Å². The molecule has 0 aromatic carbocycles. The first kappa shape index (κ1) is 14.3. The fourth-order valence-corrected chi connectivity index (χ4v) is 1.96. The van der Waals surface area contributed by atoms with Crippen LogP contribution in [0.25, 0.3) is 0 Å². The summed E-state index contributed by atoms with van der Waals surface area (Å²) in [5.41, 5.74) is -0.287. The molecule has 0 amide bonds. The van der Waals surface area contributed by atoms with E-state index in [-0.39, 0.29) is 0 Å². The van der Waals surface area contributed by atoms with Gasteiger partial charge in [0.2, 0.25) is 0 Å². The van der Waals surface area contributed by atoms with Gasteiger partial charge in [-0.05, 0) is 33.8 Å². The zero-order valence-electron chi connectivity index (χ0n) is 12.3. The molecule has 2 rings (SSSR count). The lowest BCUT2D eigenvalue weighted by Crippen LogP contribution is -2.41. The van der Waals surface area contributed by atoms with E-state index < -0.39 is 24.1 Å². The number of nitrogens with zero attached hydrogens (tertiary/aromatic N) is 2. The molecule has 1 aromatic heterocycles. The molecule has 0 radical (unpaired) electrons. The molecule has 1 fully saturated rings. The van der Waals surface area contributed by atoms with Crippen molar-refractivity contribution in [2.75, 3.05) is 19.0 Å². The minimum absolute atomic E-state index is 0.393. The van der Waals surface area contributed by atoms with Gasteiger partial charge >= 0.3 is 7.12 Å². The van der Waals surface area contributed by atoms with Crippen LogP contribution in [0.2, 0.25) is 0 Å². The van der Waals surface area contributed by atoms with Gasteiger partial charge in [0.05, 0.1) is 17.4 Å². The zero-order valence-corrected chi connectivity index (χ0v) is 12.3. The van der Waals surface area contributed by atoms with E-state index in [9.17, 15) is 4.39 Å². The summed E-state index contributed by atoms with van der Waals surface area (Å²) in [6, 6.07) is 1.42. The van der Waals surface area contributed by atoms with Crippen molar-refractivity contribution in [1.29, 1.82) is 0 Å². The third-order valence-corrected chi connectivity index (χ3v) is 3.79. The molecule has 19 heavy (non-hydrogen) atoms. The smallest absolute Gasteiger partial charge is 0.399 e. The Morgan fingerprint density at radius 3 is 2.16 bits per heavy atom. The lowest BCUT2D eigenvalue weighted by Gasteiger charge is -2.32. The lowest BCUT2D eigenvalue weighted by molar-refractivity contribution is 0.00578. The van der Waals surface area contributed by atoms with Gasteiger partial charge < -0.3 is 14.2 Å². The molecule has 0 N–H and O–H groups in total. The second kappa shape index (κ2) is 4.46. The summed E-state index contributed by atoms with van der Waals surface area (Å²) in [6.07, 6.45) is 1.20. The average molecular weight is 266 g/mol. The Balaban J connectivity index is 2.41. The Bertz CT molecular complexity index is 476. The van der Waals surface area contributed by atoms with E-state index >= 15 is 0 Å². The molecule has 2 heterocycles. The normalized spacial score (nSPS) is 20.7. The molecule has 0 aliphatic carbocycles. The highest BCUT2D eigenvalue weighted by Gasteiger charge is 2.52. The zero-order chi connectivity index (χ0) is 14.4. The fourth-order valence-electron chi connectivity index (χ4n) is 1.96. The van der Waals surface area contributed by atoms with E-state index in [1.54, 1.807) is 0 Å². The van der Waals surface area contributed by atoms with Crippen molar-refractivity contribution in [2.45, 2.75) is 38.9 Å². The minimum Gasteiger partial charge on any atom is -0.399 e. The third-order valence-electron chi connectivity index (χ3n) is 3.79. The molecule has 1 aliphatic rings. The van der Waals surface area contributed by atoms with Crippen molar-refractivity contribution in [1.82, 2.24) is 4.98 Å². The predicted molar refractivity (Wildman–Crippen MR) is 74.2 cm³/mol. The summed E-state index contributed by atoms with van der Waals surface area (Å²) in [6.45, 7) is 7.87. The number of hydrogen-bond donors (Lipinski definition) is 0. The number of halogens is 1. The summed E-state index contributed by atoms with van der Waals surface area (Å²) < 4.78 is 25.3. The van der Waals surface area contributed by atoms with Gasteiger partial charge in [-0.1, -0.05) is 0 Å². The maximum atomic E-state index is 13.5. The molecule has 1 aliphatic heterocycles. The monoisotopic (exact) mass is 266 g/mol. The van der Waals surface area contributed by atoms with E-state index in [0.717, 1.165) is 0 Å². The molecular formula is C13H20BFN2O2. The first-order valence-corrected chi connectivity index (χ1v) is 6.32. The highest BCUT2D eigenvalue weighted by atomic mass is 19.1. The minimum atomic E-state index is -0.606. The van der Waals surface area contributed by atoms with Gasteiger partial charge in [-0.15, -0.1) is 0 Å². The van der Waals surface area contributed by atoms with Crippen LogP contribution < -0.4 is 10.4 Å². The standard InChI is InChI=1S/C13H20BFN2O2/c1-12(2)13(3,4)19-14(18-12)10-7-9(15)8-16-11(10)17(5)6/h7-8H,1-6H3. The van der Waals surface area contributed by atoms with Crippen molar-refractivity contribution in [3.8, 4) is 0 Å². The summed E-state index contributed by atoms with van der Waals surface area (Å²) in [5, 5.41) is 0. The molecule has 0 atom stereocenters. The Hall–Kier alpha value is -1.14. The Labute approximate surface area is 114 Å². The Kier molecular flexibility index (Phi) is 3.35. The molecule has 0 unspecified atom stereocenters. The number of pyridine rings is 1. The molecule has 0 spiro atoms. The third kappa shape index (κ3) is 2.47. The van der Waals surface area contributed by atoms with Crippen molar-refractivity contribution in [2.24, 2.45) is 0 Å². The topological polar surface area (TPSA) is 34.6 Å². The predicted octanol–water partition coefficient (Wildman–Crippen LogP) is 1.59. The molecule has 1 aromatic rings. The van der Waals surface area contributed by atoms with Gasteiger partial charge in [0, 0.05) is 19.6 Å². The van der Waals surface area contributed by atoms with Gasteiger partial charge in [0.1, 0.15) is 11.6 Å². The largest absolute Gasteiger partial charge is 0.498 e. The van der Waals surface area contributed by atoms with Crippen molar-refractivity contribution < 1.29 is 13.7 Å². The molecule has 6 heteroatoms. The summed E-state index contributed by atoms with van der Waals surface area (Å²) in [4.78, 5) is 5.93. The van der Waals surface area contributed by atoms with Crippen molar-refractivity contribution in [3.05, 3.63) is 18.1 Å². The fraction of sp³-hybridized carbons (Fsp3) is 0.615. The first-order valence-electron chi connectivity index (χ1n) is 6.32. The molecule has 0 bridgehead atoms. The second-order valence-electron chi connectivity index (χ2n) is 6.05. The number of anilines is 1. The summed E-state index contributed by atoms with van der Waals surface area (Å²) >= 11 is 0. The van der Waals surface area contributed by atoms with Gasteiger partial charge in [-0.25, -0.2) is 9.37 Å². The van der Waals surface area contributed by atoms with Gasteiger partial charge in [0.25, 0.3) is 0 Å². The number of aromatic nitrogens is 1. The highest BCUT2D eigenvalue weighted by molar-refractivity contribution is 6.63. The number of rotatable bonds is 2. The van der Waals surface area contributed by atoms with E-state index in [2.05, 4.69) is 4.98 Å². The Morgan fingerprint density at radius 2 is 1.68 bits per heavy atom. The quantitative estimate of drug-likeness (QED) is 0.761. The molecular weight excluding hydrogens is 246 g/mol. The van der Waals surface area contributed by atoms with Crippen LogP contribution in [-0.4, -0.2) is 37.4 Å². The van der Waals surface area contributed by atoms with E-state index in [4.69, 9.17) is 9.31 Å². The Morgan fingerprint density at radius 1 is 1.16 bits per heavy atom. The van der Waals surface area contributed by atoms with Crippen LogP contribution in [-0.2, 0) is 9.31 Å². The van der Waals surface area contributed by atoms with E-state index in [0.29, 0.717) is 11.3 Å². The van der Waals surface area contributed by atoms with E-state index in [1.807, 2.05) is 46.7 Å². The number of hydrogen-bond acceptors (Lipinski definition) is 4. The summed E-state index contributed by atoms with van der Waals surface area (Å²) in [7, 11) is 3.11. The molecule has 4 nitrogen and oxygen atoms in total. The molecule has 0 saturated carbocycles. The summed E-state index contributed by atoms with van der Waals surface area (Å²) in [5.74, 6) is 0.259. The van der Waals surface area contributed by atoms with Gasteiger partial charge in [0.15, 0.2) is 0 Å². The van der Waals surface area contributed by atoms with Gasteiger partial charge in [-0.2, -0.15) is 0 Å². The van der Waals surface area contributed by atoms with E-state index in [1.165, 1.54) is 12.3 Å². The van der Waals surface area contributed by atoms with Crippen molar-refractivity contribution >= 4 is 18.4 Å². The molecule has 104 valence electrons. The van der Waals surface area contributed by atoms with Crippen LogP contribution in [0.1, 0.15) is 27.7 Å². The van der Waals surface area contributed by atoms with Gasteiger partial charge in [-0.3, -0.25) is 0 Å². The average Bonchev–Trinajstić information content (AvgIpc) is 2.47. The van der Waals surface area contributed by atoms with Crippen LogP contribution in [0.5, 0.6) is 0 Å². The molecule has 1 saturated heterocycles. The van der Waals surface area contributed by atoms with Crippen LogP contribution in [0.3, 0.4) is 0 Å².